The molecule has 0 saturated heterocycles. The van der Waals surface area contributed by atoms with Crippen molar-refractivity contribution < 1.29 is 9.66 Å². The van der Waals surface area contributed by atoms with Gasteiger partial charge >= 0.3 is 5.69 Å². The van der Waals surface area contributed by atoms with Gasteiger partial charge in [0.1, 0.15) is 5.75 Å². The fourth-order valence-electron chi connectivity index (χ4n) is 1.81. The number of para-hydroxylation sites is 2. The minimum atomic E-state index is -0.446. The standard InChI is InChI=1S/C14H13NO3/c1-10-7-11(2)9-12(8-10)18-14-6-4-3-5-13(14)15(16)17/h3-9H,1-2H3. The topological polar surface area (TPSA) is 52.4 Å². The number of benzene rings is 2. The van der Waals surface area contributed by atoms with E-state index in [9.17, 15) is 10.1 Å². The summed E-state index contributed by atoms with van der Waals surface area (Å²) < 4.78 is 5.59. The van der Waals surface area contributed by atoms with Crippen LogP contribution in [-0.4, -0.2) is 4.92 Å². The molecule has 0 N–H and O–H groups in total. The van der Waals surface area contributed by atoms with Gasteiger partial charge in [0.25, 0.3) is 0 Å². The fourth-order valence-corrected chi connectivity index (χ4v) is 1.81. The Bertz CT molecular complexity index is 573. The number of ether oxygens (including phenoxy) is 1. The van der Waals surface area contributed by atoms with Crippen molar-refractivity contribution in [1.29, 1.82) is 0 Å². The van der Waals surface area contributed by atoms with E-state index in [1.807, 2.05) is 32.0 Å². The Labute approximate surface area is 105 Å². The van der Waals surface area contributed by atoms with E-state index in [4.69, 9.17) is 4.74 Å². The first kappa shape index (κ1) is 12.1. The van der Waals surface area contributed by atoms with E-state index < -0.39 is 4.92 Å². The van der Waals surface area contributed by atoms with Gasteiger partial charge in [0.15, 0.2) is 0 Å². The molecule has 0 fully saturated rings. The largest absolute Gasteiger partial charge is 0.450 e. The predicted molar refractivity (Wildman–Crippen MR) is 69.1 cm³/mol. The molecule has 0 aromatic heterocycles. The van der Waals surface area contributed by atoms with Crippen LogP contribution in [0, 0.1) is 24.0 Å². The maximum absolute atomic E-state index is 10.9. The zero-order valence-electron chi connectivity index (χ0n) is 10.2. The molecule has 0 aliphatic heterocycles. The van der Waals surface area contributed by atoms with Crippen LogP contribution in [0.25, 0.3) is 0 Å². The first-order chi connectivity index (χ1) is 8.56. The van der Waals surface area contributed by atoms with Crippen molar-refractivity contribution in [3.05, 3.63) is 63.7 Å². The molecule has 2 rings (SSSR count). The number of hydrogen-bond donors (Lipinski definition) is 0. The molecule has 0 spiro atoms. The Morgan fingerprint density at radius 3 is 2.28 bits per heavy atom. The number of nitro benzene ring substituents is 1. The van der Waals surface area contributed by atoms with Crippen molar-refractivity contribution in [2.24, 2.45) is 0 Å². The van der Waals surface area contributed by atoms with Crippen LogP contribution in [0.2, 0.25) is 0 Å². The van der Waals surface area contributed by atoms with Crippen LogP contribution in [0.5, 0.6) is 11.5 Å². The Morgan fingerprint density at radius 1 is 1.06 bits per heavy atom. The van der Waals surface area contributed by atoms with Crippen LogP contribution >= 0.6 is 0 Å². The van der Waals surface area contributed by atoms with Crippen molar-refractivity contribution in [2.75, 3.05) is 0 Å². The third-order valence-electron chi connectivity index (χ3n) is 2.48. The van der Waals surface area contributed by atoms with E-state index in [1.165, 1.54) is 6.07 Å². The third-order valence-corrected chi connectivity index (χ3v) is 2.48. The lowest BCUT2D eigenvalue weighted by Crippen LogP contribution is -1.93. The average molecular weight is 243 g/mol. The summed E-state index contributed by atoms with van der Waals surface area (Å²) in [6, 6.07) is 12.1. The van der Waals surface area contributed by atoms with E-state index in [1.54, 1.807) is 18.2 Å². The molecule has 0 heterocycles. The molecule has 0 aliphatic rings. The summed E-state index contributed by atoms with van der Waals surface area (Å²) in [7, 11) is 0. The van der Waals surface area contributed by atoms with Crippen LogP contribution < -0.4 is 4.74 Å². The first-order valence-electron chi connectivity index (χ1n) is 5.56. The van der Waals surface area contributed by atoms with Gasteiger partial charge in [0, 0.05) is 6.07 Å². The molecule has 18 heavy (non-hydrogen) atoms. The van der Waals surface area contributed by atoms with Gasteiger partial charge in [0.2, 0.25) is 5.75 Å². The molecule has 92 valence electrons. The normalized spacial score (nSPS) is 10.1. The van der Waals surface area contributed by atoms with Crippen LogP contribution in [0.15, 0.2) is 42.5 Å². The van der Waals surface area contributed by atoms with Gasteiger partial charge in [-0.15, -0.1) is 0 Å². The average Bonchev–Trinajstić information content (AvgIpc) is 2.27. The molecule has 0 unspecified atom stereocenters. The Hall–Kier alpha value is -2.36. The molecule has 0 bridgehead atoms. The molecule has 0 saturated carbocycles. The molecular weight excluding hydrogens is 230 g/mol. The summed E-state index contributed by atoms with van der Waals surface area (Å²) >= 11 is 0. The van der Waals surface area contributed by atoms with Gasteiger partial charge in [-0.3, -0.25) is 10.1 Å². The first-order valence-corrected chi connectivity index (χ1v) is 5.56. The van der Waals surface area contributed by atoms with Gasteiger partial charge in [0.05, 0.1) is 4.92 Å². The monoisotopic (exact) mass is 243 g/mol. The van der Waals surface area contributed by atoms with Crippen molar-refractivity contribution in [1.82, 2.24) is 0 Å². The van der Waals surface area contributed by atoms with Gasteiger partial charge in [-0.1, -0.05) is 18.2 Å². The minimum Gasteiger partial charge on any atom is -0.450 e. The summed E-state index contributed by atoms with van der Waals surface area (Å²) in [4.78, 5) is 10.4. The number of nitrogens with zero attached hydrogens (tertiary/aromatic N) is 1. The second-order valence-corrected chi connectivity index (χ2v) is 4.15. The molecule has 0 aliphatic carbocycles. The fraction of sp³-hybridized carbons (Fsp3) is 0.143. The molecule has 0 radical (unpaired) electrons. The SMILES string of the molecule is Cc1cc(C)cc(Oc2ccccc2[N+](=O)[O-])c1. The molecule has 4 heteroatoms. The Balaban J connectivity index is 2.37. The Morgan fingerprint density at radius 2 is 1.67 bits per heavy atom. The van der Waals surface area contributed by atoms with E-state index in [0.29, 0.717) is 5.75 Å². The lowest BCUT2D eigenvalue weighted by molar-refractivity contribution is -0.385. The number of aryl methyl sites for hydroxylation is 2. The van der Waals surface area contributed by atoms with E-state index >= 15 is 0 Å². The van der Waals surface area contributed by atoms with E-state index in [0.717, 1.165) is 11.1 Å². The molecule has 0 atom stereocenters. The highest BCUT2D eigenvalue weighted by Crippen LogP contribution is 2.31. The zero-order valence-corrected chi connectivity index (χ0v) is 10.2. The highest BCUT2D eigenvalue weighted by atomic mass is 16.6. The smallest absolute Gasteiger partial charge is 0.311 e. The summed E-state index contributed by atoms with van der Waals surface area (Å²) in [5, 5.41) is 10.9. The lowest BCUT2D eigenvalue weighted by atomic mass is 10.1. The summed E-state index contributed by atoms with van der Waals surface area (Å²) in [5.41, 5.74) is 2.09. The number of nitro groups is 1. The quantitative estimate of drug-likeness (QED) is 0.604. The van der Waals surface area contributed by atoms with Crippen molar-refractivity contribution >= 4 is 5.69 Å². The third kappa shape index (κ3) is 2.66. The maximum atomic E-state index is 10.9. The van der Waals surface area contributed by atoms with Gasteiger partial charge in [-0.2, -0.15) is 0 Å². The molecule has 0 amide bonds. The highest BCUT2D eigenvalue weighted by Gasteiger charge is 2.14. The molecule has 2 aromatic rings. The second-order valence-electron chi connectivity index (χ2n) is 4.15. The number of rotatable bonds is 3. The molecule has 2 aromatic carbocycles. The van der Waals surface area contributed by atoms with Crippen LogP contribution in [0.3, 0.4) is 0 Å². The van der Waals surface area contributed by atoms with Crippen LogP contribution in [-0.2, 0) is 0 Å². The van der Waals surface area contributed by atoms with E-state index in [2.05, 4.69) is 0 Å². The van der Waals surface area contributed by atoms with Crippen LogP contribution in [0.1, 0.15) is 11.1 Å². The maximum Gasteiger partial charge on any atom is 0.311 e. The second kappa shape index (κ2) is 4.87. The molecular formula is C14H13NO3. The zero-order chi connectivity index (χ0) is 13.1. The number of hydrogen-bond acceptors (Lipinski definition) is 3. The van der Waals surface area contributed by atoms with Gasteiger partial charge < -0.3 is 4.74 Å². The van der Waals surface area contributed by atoms with Gasteiger partial charge in [-0.25, -0.2) is 0 Å². The van der Waals surface area contributed by atoms with Crippen molar-refractivity contribution in [3.63, 3.8) is 0 Å². The summed E-state index contributed by atoms with van der Waals surface area (Å²) in [6.45, 7) is 3.92. The van der Waals surface area contributed by atoms with E-state index in [-0.39, 0.29) is 11.4 Å². The van der Waals surface area contributed by atoms with Crippen molar-refractivity contribution in [2.45, 2.75) is 13.8 Å². The summed E-state index contributed by atoms with van der Waals surface area (Å²) in [6.07, 6.45) is 0. The Kier molecular flexibility index (Phi) is 3.28. The summed E-state index contributed by atoms with van der Waals surface area (Å²) in [5.74, 6) is 0.870. The lowest BCUT2D eigenvalue weighted by Gasteiger charge is -2.07. The highest BCUT2D eigenvalue weighted by molar-refractivity contribution is 5.48. The van der Waals surface area contributed by atoms with Crippen molar-refractivity contribution in [3.8, 4) is 11.5 Å². The van der Waals surface area contributed by atoms with Gasteiger partial charge in [-0.05, 0) is 43.2 Å². The van der Waals surface area contributed by atoms with Crippen LogP contribution in [0.4, 0.5) is 5.69 Å². The molecule has 4 nitrogen and oxygen atoms in total. The predicted octanol–water partition coefficient (Wildman–Crippen LogP) is 4.00. The minimum absolute atomic E-state index is 0.0309.